The van der Waals surface area contributed by atoms with Crippen molar-refractivity contribution in [2.24, 2.45) is 0 Å². The van der Waals surface area contributed by atoms with Crippen LogP contribution in [0.2, 0.25) is 0 Å². The summed E-state index contributed by atoms with van der Waals surface area (Å²) in [7, 11) is 0. The van der Waals surface area contributed by atoms with E-state index in [4.69, 9.17) is 5.11 Å². The molecule has 0 aromatic rings. The molecule has 0 atom stereocenters. The molecular formula is C24H47NaO4. The van der Waals surface area contributed by atoms with E-state index in [1.54, 1.807) is 0 Å². The van der Waals surface area contributed by atoms with Crippen LogP contribution in [-0.2, 0) is 9.59 Å². The summed E-state index contributed by atoms with van der Waals surface area (Å²) in [6.45, 7) is 4.45. The quantitative estimate of drug-likeness (QED) is 0.240. The second-order valence-electron chi connectivity index (χ2n) is 7.92. The third-order valence-electron chi connectivity index (χ3n) is 4.98. The van der Waals surface area contributed by atoms with Gasteiger partial charge >= 0.3 is 35.5 Å². The van der Waals surface area contributed by atoms with Crippen LogP contribution in [0.5, 0.6) is 0 Å². The Morgan fingerprint density at radius 1 is 0.552 bits per heavy atom. The van der Waals surface area contributed by atoms with E-state index < -0.39 is 11.9 Å². The summed E-state index contributed by atoms with van der Waals surface area (Å²) in [6.07, 6.45) is 22.6. The van der Waals surface area contributed by atoms with Crippen LogP contribution in [-0.4, -0.2) is 17.0 Å². The predicted molar refractivity (Wildman–Crippen MR) is 116 cm³/mol. The molecule has 0 aliphatic rings. The Labute approximate surface area is 202 Å². The smallest absolute Gasteiger partial charge is 0.550 e. The van der Waals surface area contributed by atoms with Crippen LogP contribution in [0.25, 0.3) is 0 Å². The molecule has 0 spiro atoms. The van der Waals surface area contributed by atoms with E-state index in [1.807, 2.05) is 0 Å². The molecule has 0 aromatic carbocycles. The number of unbranched alkanes of at least 4 members (excludes halogenated alkanes) is 16. The van der Waals surface area contributed by atoms with E-state index in [-0.39, 0.29) is 36.0 Å². The average molecular weight is 423 g/mol. The van der Waals surface area contributed by atoms with Crippen LogP contribution in [0.3, 0.4) is 0 Å². The second kappa shape index (κ2) is 30.1. The van der Waals surface area contributed by atoms with Gasteiger partial charge in [-0.25, -0.2) is 0 Å². The van der Waals surface area contributed by atoms with E-state index in [9.17, 15) is 14.7 Å². The summed E-state index contributed by atoms with van der Waals surface area (Å²) in [6, 6.07) is 0. The maximum absolute atomic E-state index is 10.2. The first-order chi connectivity index (χ1) is 13.5. The monoisotopic (exact) mass is 422 g/mol. The Morgan fingerprint density at radius 2 is 0.828 bits per heavy atom. The predicted octanol–water partition coefficient (Wildman–Crippen LogP) is 3.65. The molecule has 0 bridgehead atoms. The van der Waals surface area contributed by atoms with Crippen LogP contribution in [0, 0.1) is 0 Å². The molecule has 0 aliphatic carbocycles. The normalized spacial score (nSPS) is 10.0. The van der Waals surface area contributed by atoms with E-state index in [2.05, 4.69) is 13.8 Å². The molecule has 1 N–H and O–H groups in total. The zero-order chi connectivity index (χ0) is 21.3. The summed E-state index contributed by atoms with van der Waals surface area (Å²) in [4.78, 5) is 20.3. The molecule has 0 unspecified atom stereocenters. The van der Waals surface area contributed by atoms with Crippen molar-refractivity contribution in [2.45, 2.75) is 142 Å². The van der Waals surface area contributed by atoms with Gasteiger partial charge in [0.1, 0.15) is 0 Å². The van der Waals surface area contributed by atoms with Gasteiger partial charge in [-0.15, -0.1) is 0 Å². The first-order valence-electron chi connectivity index (χ1n) is 12.0. The minimum Gasteiger partial charge on any atom is -0.550 e. The molecule has 4 nitrogen and oxygen atoms in total. The van der Waals surface area contributed by atoms with Gasteiger partial charge in [0.15, 0.2) is 0 Å². The molecule has 0 fully saturated rings. The number of carbonyl (C=O) groups is 2. The van der Waals surface area contributed by atoms with E-state index >= 15 is 0 Å². The van der Waals surface area contributed by atoms with Crippen molar-refractivity contribution in [3.63, 3.8) is 0 Å². The molecule has 0 saturated carbocycles. The minimum atomic E-state index is -0.909. The second-order valence-corrected chi connectivity index (χ2v) is 7.92. The fourth-order valence-electron chi connectivity index (χ4n) is 3.17. The SMILES string of the molecule is CCCCCCCCCCCC(=O)O.CCCCCCCCCCCC(=O)[O-].[Na+]. The van der Waals surface area contributed by atoms with Crippen molar-refractivity contribution in [3.05, 3.63) is 0 Å². The third kappa shape index (κ3) is 39.1. The Balaban J connectivity index is -0.000000451. The molecule has 0 aromatic heterocycles. The van der Waals surface area contributed by atoms with Crippen molar-refractivity contribution in [1.82, 2.24) is 0 Å². The minimum absolute atomic E-state index is 0. The van der Waals surface area contributed by atoms with E-state index in [0.29, 0.717) is 6.42 Å². The summed E-state index contributed by atoms with van der Waals surface area (Å²) in [5, 5.41) is 18.5. The fraction of sp³-hybridized carbons (Fsp3) is 0.917. The van der Waals surface area contributed by atoms with Gasteiger partial charge in [0.25, 0.3) is 0 Å². The molecule has 168 valence electrons. The topological polar surface area (TPSA) is 77.4 Å². The molecule has 0 rings (SSSR count). The van der Waals surface area contributed by atoms with Crippen molar-refractivity contribution in [1.29, 1.82) is 0 Å². The van der Waals surface area contributed by atoms with Crippen LogP contribution < -0.4 is 34.7 Å². The Morgan fingerprint density at radius 3 is 1.10 bits per heavy atom. The number of hydrogen-bond acceptors (Lipinski definition) is 3. The molecule has 29 heavy (non-hydrogen) atoms. The standard InChI is InChI=1S/2C12H24O2.Na/c2*1-2-3-4-5-6-7-8-9-10-11-12(13)14;/h2*2-11H2,1H3,(H,13,14);/q;;+1/p-1. The van der Waals surface area contributed by atoms with Gasteiger partial charge in [-0.3, -0.25) is 4.79 Å². The number of aliphatic carboxylic acids is 2. The summed E-state index contributed by atoms with van der Waals surface area (Å²) < 4.78 is 0. The fourth-order valence-corrected chi connectivity index (χ4v) is 3.17. The molecule has 0 amide bonds. The molecule has 0 aliphatic heterocycles. The van der Waals surface area contributed by atoms with Gasteiger partial charge in [-0.05, 0) is 19.3 Å². The Hall–Kier alpha value is -0.0600. The molecular weight excluding hydrogens is 375 g/mol. The van der Waals surface area contributed by atoms with Crippen LogP contribution in [0.4, 0.5) is 0 Å². The van der Waals surface area contributed by atoms with Crippen molar-refractivity contribution in [2.75, 3.05) is 0 Å². The number of hydrogen-bond donors (Lipinski definition) is 1. The third-order valence-corrected chi connectivity index (χ3v) is 4.98. The Kier molecular flexibility index (Phi) is 34.9. The van der Waals surface area contributed by atoms with Gasteiger partial charge in [0, 0.05) is 12.4 Å². The molecule has 0 heterocycles. The molecule has 0 saturated heterocycles. The largest absolute Gasteiger partial charge is 1.00 e. The van der Waals surface area contributed by atoms with E-state index in [0.717, 1.165) is 25.7 Å². The summed E-state index contributed by atoms with van der Waals surface area (Å²) in [5.41, 5.74) is 0. The molecule has 5 heteroatoms. The number of carboxylic acids is 2. The number of carbonyl (C=O) groups excluding carboxylic acids is 1. The van der Waals surface area contributed by atoms with Crippen LogP contribution in [0.15, 0.2) is 0 Å². The maximum atomic E-state index is 10.2. The van der Waals surface area contributed by atoms with Gasteiger partial charge < -0.3 is 15.0 Å². The van der Waals surface area contributed by atoms with Crippen molar-refractivity contribution < 1.29 is 49.4 Å². The van der Waals surface area contributed by atoms with Crippen LogP contribution in [0.1, 0.15) is 142 Å². The van der Waals surface area contributed by atoms with Gasteiger partial charge in [-0.2, -0.15) is 0 Å². The van der Waals surface area contributed by atoms with Crippen molar-refractivity contribution >= 4 is 11.9 Å². The summed E-state index contributed by atoms with van der Waals surface area (Å²) >= 11 is 0. The van der Waals surface area contributed by atoms with Crippen molar-refractivity contribution in [3.8, 4) is 0 Å². The van der Waals surface area contributed by atoms with Gasteiger partial charge in [0.05, 0.1) is 0 Å². The maximum Gasteiger partial charge on any atom is 1.00 e. The number of carboxylic acid groups (broad SMARTS) is 2. The average Bonchev–Trinajstić information content (AvgIpc) is 2.65. The number of rotatable bonds is 20. The Bertz CT molecular complexity index is 303. The zero-order valence-electron chi connectivity index (χ0n) is 19.8. The van der Waals surface area contributed by atoms with Crippen LogP contribution >= 0.6 is 0 Å². The zero-order valence-corrected chi connectivity index (χ0v) is 21.8. The summed E-state index contributed by atoms with van der Waals surface area (Å²) in [5.74, 6) is -1.57. The van der Waals surface area contributed by atoms with E-state index in [1.165, 1.54) is 89.9 Å². The first kappa shape index (κ1) is 33.6. The van der Waals surface area contributed by atoms with Gasteiger partial charge in [-0.1, -0.05) is 117 Å². The molecule has 0 radical (unpaired) electrons. The first-order valence-corrected chi connectivity index (χ1v) is 12.0. The van der Waals surface area contributed by atoms with Gasteiger partial charge in [0.2, 0.25) is 0 Å².